The molecule has 3 aliphatic heterocycles. The number of nitrogens with one attached hydrogen (secondary N) is 2. The Balaban J connectivity index is 0.997. The van der Waals surface area contributed by atoms with E-state index in [4.69, 9.17) is 0 Å². The highest BCUT2D eigenvalue weighted by molar-refractivity contribution is 7.88. The van der Waals surface area contributed by atoms with Gasteiger partial charge in [-0.25, -0.2) is 13.1 Å². The molecule has 10 heteroatoms. The molecular weight excluding hydrogens is 574 g/mol. The molecule has 1 aromatic heterocycles. The first-order valence-corrected chi connectivity index (χ1v) is 18.9. The predicted molar refractivity (Wildman–Crippen MR) is 178 cm³/mol. The third-order valence-electron chi connectivity index (χ3n) is 10.2. The standard InChI is InChI=1S/C34H53N5O4S/c1-25(2)39-32-12-8-7-11-27(32)21-31(34(39)41)33(40)36-28-22-29-13-14-30(23-28)38(29)18-10-6-4-5-9-17-37-19-15-26(16-20-37)24-35-44(3,42)43/h7-8,11-12,21,25-26,28-30,35H,4-6,9-10,13-20,22-24H2,1-3H3,(H,36,40)/t28?,29-,30+. The van der Waals surface area contributed by atoms with E-state index in [9.17, 15) is 18.0 Å². The third kappa shape index (κ3) is 8.50. The van der Waals surface area contributed by atoms with Crippen molar-refractivity contribution in [3.8, 4) is 0 Å². The minimum absolute atomic E-state index is 0.0263. The lowest BCUT2D eigenvalue weighted by molar-refractivity contribution is 0.0839. The average molecular weight is 628 g/mol. The Morgan fingerprint density at radius 2 is 1.57 bits per heavy atom. The number of piperidine rings is 2. The minimum Gasteiger partial charge on any atom is -0.349 e. The molecule has 3 fully saturated rings. The molecule has 5 rings (SSSR count). The second-order valence-electron chi connectivity index (χ2n) is 13.8. The van der Waals surface area contributed by atoms with Crippen LogP contribution in [0.3, 0.4) is 0 Å². The van der Waals surface area contributed by atoms with Gasteiger partial charge in [0.05, 0.1) is 11.8 Å². The molecule has 9 nitrogen and oxygen atoms in total. The van der Waals surface area contributed by atoms with Gasteiger partial charge in [0.2, 0.25) is 10.0 Å². The Bertz CT molecular complexity index is 1420. The summed E-state index contributed by atoms with van der Waals surface area (Å²) in [5, 5.41) is 4.17. The number of sulfonamides is 1. The second kappa shape index (κ2) is 14.9. The summed E-state index contributed by atoms with van der Waals surface area (Å²) >= 11 is 0. The van der Waals surface area contributed by atoms with E-state index in [0.29, 0.717) is 24.5 Å². The van der Waals surface area contributed by atoms with Crippen LogP contribution in [-0.4, -0.2) is 85.8 Å². The van der Waals surface area contributed by atoms with Crippen molar-refractivity contribution in [2.24, 2.45) is 5.92 Å². The van der Waals surface area contributed by atoms with Crippen molar-refractivity contribution in [2.45, 2.75) is 109 Å². The van der Waals surface area contributed by atoms with Crippen LogP contribution in [0.25, 0.3) is 10.9 Å². The van der Waals surface area contributed by atoms with Gasteiger partial charge in [-0.2, -0.15) is 0 Å². The maximum Gasteiger partial charge on any atom is 0.264 e. The minimum atomic E-state index is -3.09. The Kier molecular flexibility index (Phi) is 11.2. The Morgan fingerprint density at radius 3 is 2.23 bits per heavy atom. The van der Waals surface area contributed by atoms with E-state index in [2.05, 4.69) is 19.8 Å². The van der Waals surface area contributed by atoms with Crippen molar-refractivity contribution in [3.63, 3.8) is 0 Å². The number of fused-ring (bicyclic) bond motifs is 3. The van der Waals surface area contributed by atoms with Gasteiger partial charge in [-0.1, -0.05) is 37.5 Å². The average Bonchev–Trinajstić information content (AvgIpc) is 3.22. The summed E-state index contributed by atoms with van der Waals surface area (Å²) in [6, 6.07) is 10.7. The van der Waals surface area contributed by atoms with Crippen LogP contribution >= 0.6 is 0 Å². The second-order valence-corrected chi connectivity index (χ2v) is 15.7. The number of nitrogens with zero attached hydrogens (tertiary/aromatic N) is 3. The van der Waals surface area contributed by atoms with Crippen LogP contribution in [0.5, 0.6) is 0 Å². The van der Waals surface area contributed by atoms with Crippen LogP contribution < -0.4 is 15.6 Å². The number of unbranched alkanes of at least 4 members (excludes halogenated alkanes) is 4. The first-order chi connectivity index (χ1) is 21.1. The number of hydrogen-bond donors (Lipinski definition) is 2. The lowest BCUT2D eigenvalue weighted by atomic mass is 9.96. The molecule has 1 aromatic carbocycles. The topological polar surface area (TPSA) is 104 Å². The number of carbonyl (C=O) groups is 1. The number of carbonyl (C=O) groups excluding carboxylic acids is 1. The summed E-state index contributed by atoms with van der Waals surface area (Å²) in [6.45, 7) is 9.00. The fourth-order valence-corrected chi connectivity index (χ4v) is 8.36. The molecule has 1 unspecified atom stereocenters. The highest BCUT2D eigenvalue weighted by Gasteiger charge is 2.40. The molecule has 2 N–H and O–H groups in total. The van der Waals surface area contributed by atoms with Gasteiger partial charge in [0.1, 0.15) is 5.56 Å². The number of rotatable bonds is 14. The van der Waals surface area contributed by atoms with Gasteiger partial charge in [0.15, 0.2) is 0 Å². The Morgan fingerprint density at radius 1 is 0.932 bits per heavy atom. The molecule has 4 heterocycles. The normalized spacial score (nSPS) is 23.5. The summed E-state index contributed by atoms with van der Waals surface area (Å²) in [5.41, 5.74) is 0.910. The number of amides is 1. The van der Waals surface area contributed by atoms with Crippen molar-refractivity contribution < 1.29 is 13.2 Å². The number of hydrogen-bond acceptors (Lipinski definition) is 6. The van der Waals surface area contributed by atoms with Gasteiger partial charge in [-0.05, 0) is 115 Å². The van der Waals surface area contributed by atoms with Crippen molar-refractivity contribution in [1.29, 1.82) is 0 Å². The quantitative estimate of drug-likeness (QED) is 0.299. The van der Waals surface area contributed by atoms with Crippen LogP contribution in [0.1, 0.15) is 101 Å². The van der Waals surface area contributed by atoms with E-state index in [1.807, 2.05) is 38.1 Å². The molecule has 1 amide bonds. The van der Waals surface area contributed by atoms with E-state index in [-0.39, 0.29) is 29.1 Å². The first-order valence-electron chi connectivity index (χ1n) is 17.0. The van der Waals surface area contributed by atoms with Crippen LogP contribution in [0.4, 0.5) is 0 Å². The number of benzene rings is 1. The summed E-state index contributed by atoms with van der Waals surface area (Å²) in [6.07, 6.45) is 14.0. The van der Waals surface area contributed by atoms with Crippen molar-refractivity contribution in [1.82, 2.24) is 24.4 Å². The van der Waals surface area contributed by atoms with E-state index < -0.39 is 10.0 Å². The zero-order chi connectivity index (χ0) is 31.3. The number of para-hydroxylation sites is 1. The molecule has 44 heavy (non-hydrogen) atoms. The Hall–Kier alpha value is -2.27. The fraction of sp³-hybridized carbons (Fsp3) is 0.706. The number of pyridine rings is 1. The summed E-state index contributed by atoms with van der Waals surface area (Å²) in [7, 11) is -3.09. The van der Waals surface area contributed by atoms with Gasteiger partial charge in [-0.3, -0.25) is 14.5 Å². The molecule has 2 aromatic rings. The molecule has 3 saturated heterocycles. The molecule has 0 spiro atoms. The molecule has 0 aliphatic carbocycles. The van der Waals surface area contributed by atoms with Crippen molar-refractivity contribution in [2.75, 3.05) is 39.0 Å². The molecule has 0 saturated carbocycles. The van der Waals surface area contributed by atoms with Gasteiger partial charge >= 0.3 is 0 Å². The zero-order valence-electron chi connectivity index (χ0n) is 27.0. The van der Waals surface area contributed by atoms with Gasteiger partial charge in [-0.15, -0.1) is 0 Å². The third-order valence-corrected chi connectivity index (χ3v) is 10.8. The number of likely N-dealkylation sites (tertiary alicyclic amines) is 1. The smallest absolute Gasteiger partial charge is 0.264 e. The summed E-state index contributed by atoms with van der Waals surface area (Å²) in [4.78, 5) is 31.9. The van der Waals surface area contributed by atoms with E-state index in [1.165, 1.54) is 51.2 Å². The van der Waals surface area contributed by atoms with E-state index in [0.717, 1.165) is 62.8 Å². The lowest BCUT2D eigenvalue weighted by Crippen LogP contribution is -2.51. The van der Waals surface area contributed by atoms with Crippen LogP contribution in [0, 0.1) is 5.92 Å². The number of aromatic nitrogens is 1. The largest absolute Gasteiger partial charge is 0.349 e. The summed E-state index contributed by atoms with van der Waals surface area (Å²) < 4.78 is 27.0. The fourth-order valence-electron chi connectivity index (χ4n) is 7.82. The Labute approximate surface area is 263 Å². The predicted octanol–water partition coefficient (Wildman–Crippen LogP) is 4.52. The highest BCUT2D eigenvalue weighted by atomic mass is 32.2. The van der Waals surface area contributed by atoms with Gasteiger partial charge in [0.25, 0.3) is 11.5 Å². The highest BCUT2D eigenvalue weighted by Crippen LogP contribution is 2.36. The summed E-state index contributed by atoms with van der Waals surface area (Å²) in [5.74, 6) is 0.228. The van der Waals surface area contributed by atoms with E-state index >= 15 is 0 Å². The lowest BCUT2D eigenvalue weighted by Gasteiger charge is -2.39. The van der Waals surface area contributed by atoms with Gasteiger partial charge < -0.3 is 14.8 Å². The maximum absolute atomic E-state index is 13.4. The monoisotopic (exact) mass is 627 g/mol. The molecule has 0 radical (unpaired) electrons. The van der Waals surface area contributed by atoms with Crippen molar-refractivity contribution in [3.05, 3.63) is 46.2 Å². The van der Waals surface area contributed by atoms with E-state index in [1.54, 1.807) is 10.6 Å². The molecule has 3 aliphatic rings. The van der Waals surface area contributed by atoms with Crippen LogP contribution in [-0.2, 0) is 10.0 Å². The van der Waals surface area contributed by atoms with Gasteiger partial charge in [0, 0.05) is 30.7 Å². The SMILES string of the molecule is CC(C)n1c(=O)c(C(=O)NC2C[C@H]3CC[C@@H](C2)N3CCCCCCCN2CCC(CNS(C)(=O)=O)CC2)cc2ccccc21. The van der Waals surface area contributed by atoms with Crippen LogP contribution in [0.2, 0.25) is 0 Å². The first kappa shape index (κ1) is 33.1. The maximum atomic E-state index is 13.4. The van der Waals surface area contributed by atoms with Crippen LogP contribution in [0.15, 0.2) is 35.1 Å². The molecule has 3 atom stereocenters. The zero-order valence-corrected chi connectivity index (χ0v) is 27.8. The van der Waals surface area contributed by atoms with Crippen molar-refractivity contribution >= 4 is 26.8 Å². The molecule has 2 bridgehead atoms. The molecule has 244 valence electrons. The molecular formula is C34H53N5O4S.